The van der Waals surface area contributed by atoms with Crippen LogP contribution in [0.15, 0.2) is 36.9 Å². The summed E-state index contributed by atoms with van der Waals surface area (Å²) in [5.74, 6) is 5.62. The first-order chi connectivity index (χ1) is 9.78. The number of aromatic nitrogens is 3. The lowest BCUT2D eigenvalue weighted by Gasteiger charge is -2.05. The smallest absolute Gasteiger partial charge is 0.226 e. The van der Waals surface area contributed by atoms with Gasteiger partial charge in [0.25, 0.3) is 0 Å². The van der Waals surface area contributed by atoms with E-state index in [1.807, 2.05) is 24.3 Å². The molecule has 6 heteroatoms. The fourth-order valence-electron chi connectivity index (χ4n) is 1.62. The number of hydrogen-bond acceptors (Lipinski definition) is 4. The highest BCUT2D eigenvalue weighted by molar-refractivity contribution is 5.90. The van der Waals surface area contributed by atoms with E-state index in [1.54, 1.807) is 11.0 Å². The lowest BCUT2D eigenvalue weighted by molar-refractivity contribution is -0.116. The molecule has 2 rings (SSSR count). The monoisotopic (exact) mass is 269 g/mol. The lowest BCUT2D eigenvalue weighted by Crippen LogP contribution is -2.14. The van der Waals surface area contributed by atoms with Gasteiger partial charge >= 0.3 is 0 Å². The molecular formula is C14H15N5O. The molecule has 0 radical (unpaired) electrons. The van der Waals surface area contributed by atoms with Crippen LogP contribution in [0.4, 0.5) is 5.69 Å². The fraction of sp³-hybridized carbons (Fsp3) is 0.214. The van der Waals surface area contributed by atoms with Gasteiger partial charge in [0.15, 0.2) is 0 Å². The molecular weight excluding hydrogens is 254 g/mol. The Morgan fingerprint density at radius 3 is 3.10 bits per heavy atom. The zero-order chi connectivity index (χ0) is 14.2. The summed E-state index contributed by atoms with van der Waals surface area (Å²) < 4.78 is 1.61. The first-order valence-corrected chi connectivity index (χ1v) is 6.19. The van der Waals surface area contributed by atoms with Gasteiger partial charge in [-0.05, 0) is 18.2 Å². The number of carbonyl (C=O) groups is 1. The Balaban J connectivity index is 1.90. The Labute approximate surface area is 117 Å². The SMILES string of the molecule is NCC#Cc1cccc(NC(=O)CCn2cncn2)c1. The topological polar surface area (TPSA) is 85.8 Å². The van der Waals surface area contributed by atoms with Crippen molar-refractivity contribution in [3.8, 4) is 11.8 Å². The first-order valence-electron chi connectivity index (χ1n) is 6.19. The average molecular weight is 269 g/mol. The summed E-state index contributed by atoms with van der Waals surface area (Å²) in [6, 6.07) is 7.35. The van der Waals surface area contributed by atoms with E-state index in [4.69, 9.17) is 5.73 Å². The first kappa shape index (κ1) is 13.8. The molecule has 1 amide bonds. The van der Waals surface area contributed by atoms with Gasteiger partial charge in [-0.3, -0.25) is 9.48 Å². The van der Waals surface area contributed by atoms with Crippen LogP contribution >= 0.6 is 0 Å². The van der Waals surface area contributed by atoms with Crippen LogP contribution in [0.3, 0.4) is 0 Å². The highest BCUT2D eigenvalue weighted by Gasteiger charge is 2.03. The summed E-state index contributed by atoms with van der Waals surface area (Å²) >= 11 is 0. The molecule has 0 spiro atoms. The van der Waals surface area contributed by atoms with Gasteiger partial charge < -0.3 is 11.1 Å². The summed E-state index contributed by atoms with van der Waals surface area (Å²) in [5, 5.41) is 6.76. The van der Waals surface area contributed by atoms with Crippen molar-refractivity contribution >= 4 is 11.6 Å². The third-order valence-corrected chi connectivity index (χ3v) is 2.52. The molecule has 0 unspecified atom stereocenters. The second-order valence-electron chi connectivity index (χ2n) is 4.04. The van der Waals surface area contributed by atoms with Gasteiger partial charge in [-0.15, -0.1) is 0 Å². The zero-order valence-electron chi connectivity index (χ0n) is 10.9. The number of amides is 1. The van der Waals surface area contributed by atoms with Gasteiger partial charge in [-0.25, -0.2) is 4.98 Å². The van der Waals surface area contributed by atoms with E-state index >= 15 is 0 Å². The molecule has 0 atom stereocenters. The molecule has 102 valence electrons. The lowest BCUT2D eigenvalue weighted by atomic mass is 10.2. The molecule has 20 heavy (non-hydrogen) atoms. The fourth-order valence-corrected chi connectivity index (χ4v) is 1.62. The molecule has 0 aliphatic carbocycles. The van der Waals surface area contributed by atoms with Crippen LogP contribution in [0.25, 0.3) is 0 Å². The number of rotatable bonds is 4. The van der Waals surface area contributed by atoms with Crippen LogP contribution in [0, 0.1) is 11.8 Å². The zero-order valence-corrected chi connectivity index (χ0v) is 10.9. The average Bonchev–Trinajstić information content (AvgIpc) is 2.97. The number of benzene rings is 1. The van der Waals surface area contributed by atoms with Gasteiger partial charge in [0.1, 0.15) is 12.7 Å². The Morgan fingerprint density at radius 2 is 2.35 bits per heavy atom. The number of nitrogens with one attached hydrogen (secondary N) is 1. The van der Waals surface area contributed by atoms with E-state index in [0.29, 0.717) is 19.5 Å². The van der Waals surface area contributed by atoms with E-state index in [2.05, 4.69) is 27.2 Å². The van der Waals surface area contributed by atoms with Crippen LogP contribution in [0.1, 0.15) is 12.0 Å². The molecule has 0 saturated carbocycles. The van der Waals surface area contributed by atoms with E-state index in [0.717, 1.165) is 11.3 Å². The van der Waals surface area contributed by atoms with E-state index in [-0.39, 0.29) is 5.91 Å². The van der Waals surface area contributed by atoms with E-state index in [9.17, 15) is 4.79 Å². The van der Waals surface area contributed by atoms with Crippen LogP contribution < -0.4 is 11.1 Å². The molecule has 1 heterocycles. The third kappa shape index (κ3) is 4.23. The minimum atomic E-state index is -0.0792. The van der Waals surface area contributed by atoms with Gasteiger partial charge in [0.05, 0.1) is 13.1 Å². The Bertz CT molecular complexity index is 625. The maximum atomic E-state index is 11.8. The minimum Gasteiger partial charge on any atom is -0.326 e. The number of nitrogens with two attached hydrogens (primary N) is 1. The van der Waals surface area contributed by atoms with Crippen molar-refractivity contribution in [1.29, 1.82) is 0 Å². The Hall–Kier alpha value is -2.65. The minimum absolute atomic E-state index is 0.0792. The van der Waals surface area contributed by atoms with Crippen molar-refractivity contribution in [2.45, 2.75) is 13.0 Å². The third-order valence-electron chi connectivity index (χ3n) is 2.52. The highest BCUT2D eigenvalue weighted by Crippen LogP contribution is 2.10. The summed E-state index contributed by atoms with van der Waals surface area (Å²) in [6.07, 6.45) is 3.36. The van der Waals surface area contributed by atoms with Crippen LogP contribution in [0.5, 0.6) is 0 Å². The van der Waals surface area contributed by atoms with E-state index in [1.165, 1.54) is 6.33 Å². The van der Waals surface area contributed by atoms with Crippen LogP contribution in [0.2, 0.25) is 0 Å². The summed E-state index contributed by atoms with van der Waals surface area (Å²) in [7, 11) is 0. The second kappa shape index (κ2) is 7.07. The van der Waals surface area contributed by atoms with Crippen molar-refractivity contribution in [2.75, 3.05) is 11.9 Å². The summed E-state index contributed by atoms with van der Waals surface area (Å²) in [5.41, 5.74) is 6.87. The van der Waals surface area contributed by atoms with Gasteiger partial charge in [-0.2, -0.15) is 5.10 Å². The number of nitrogens with zero attached hydrogens (tertiary/aromatic N) is 3. The normalized spacial score (nSPS) is 9.65. The number of hydrogen-bond donors (Lipinski definition) is 2. The Kier molecular flexibility index (Phi) is 4.87. The summed E-state index contributed by atoms with van der Waals surface area (Å²) in [6.45, 7) is 0.812. The highest BCUT2D eigenvalue weighted by atomic mass is 16.1. The summed E-state index contributed by atoms with van der Waals surface area (Å²) in [4.78, 5) is 15.6. The molecule has 1 aromatic heterocycles. The van der Waals surface area contributed by atoms with Crippen molar-refractivity contribution < 1.29 is 4.79 Å². The predicted octanol–water partition coefficient (Wildman–Crippen LogP) is 0.617. The molecule has 3 N–H and O–H groups in total. The molecule has 0 saturated heterocycles. The second-order valence-corrected chi connectivity index (χ2v) is 4.04. The maximum absolute atomic E-state index is 11.8. The van der Waals surface area contributed by atoms with Gasteiger partial charge in [-0.1, -0.05) is 17.9 Å². The van der Waals surface area contributed by atoms with Crippen molar-refractivity contribution in [3.05, 3.63) is 42.5 Å². The molecule has 0 fully saturated rings. The van der Waals surface area contributed by atoms with E-state index < -0.39 is 0 Å². The van der Waals surface area contributed by atoms with Gasteiger partial charge in [0, 0.05) is 17.7 Å². The Morgan fingerprint density at radius 1 is 1.45 bits per heavy atom. The van der Waals surface area contributed by atoms with Crippen LogP contribution in [-0.4, -0.2) is 27.2 Å². The molecule has 0 aliphatic heterocycles. The predicted molar refractivity (Wildman–Crippen MR) is 75.6 cm³/mol. The molecule has 1 aromatic carbocycles. The number of carbonyl (C=O) groups excluding carboxylic acids is 1. The standard InChI is InChI=1S/C14H15N5O/c15-7-2-4-12-3-1-5-13(9-12)18-14(20)6-8-19-11-16-10-17-19/h1,3,5,9-11H,6-8,15H2,(H,18,20). The number of anilines is 1. The maximum Gasteiger partial charge on any atom is 0.226 e. The molecule has 0 aliphatic rings. The van der Waals surface area contributed by atoms with Crippen molar-refractivity contribution in [1.82, 2.24) is 14.8 Å². The molecule has 0 bridgehead atoms. The van der Waals surface area contributed by atoms with Crippen LogP contribution in [-0.2, 0) is 11.3 Å². The molecule has 2 aromatic rings. The molecule has 6 nitrogen and oxygen atoms in total. The number of aryl methyl sites for hydroxylation is 1. The van der Waals surface area contributed by atoms with Crippen molar-refractivity contribution in [3.63, 3.8) is 0 Å². The quantitative estimate of drug-likeness (QED) is 0.797. The van der Waals surface area contributed by atoms with Gasteiger partial charge in [0.2, 0.25) is 5.91 Å². The largest absolute Gasteiger partial charge is 0.326 e. The van der Waals surface area contributed by atoms with Crippen molar-refractivity contribution in [2.24, 2.45) is 5.73 Å².